The van der Waals surface area contributed by atoms with Crippen LogP contribution in [0.1, 0.15) is 11.3 Å². The zero-order valence-corrected chi connectivity index (χ0v) is 24.8. The van der Waals surface area contributed by atoms with Crippen molar-refractivity contribution >= 4 is 74.9 Å². The van der Waals surface area contributed by atoms with E-state index in [1.54, 1.807) is 30.3 Å². The number of H-pyrrole nitrogens is 1. The largest absolute Gasteiger partial charge is 0.488 e. The van der Waals surface area contributed by atoms with Crippen LogP contribution in [0.25, 0.3) is 22.3 Å². The highest BCUT2D eigenvalue weighted by Gasteiger charge is 2.53. The Kier molecular flexibility index (Phi) is 7.84. The number of nitrogens with one attached hydrogen (secondary N) is 1. The van der Waals surface area contributed by atoms with Crippen molar-refractivity contribution in [2.75, 3.05) is 12.4 Å². The molecule has 1 fully saturated rings. The van der Waals surface area contributed by atoms with Gasteiger partial charge in [0, 0.05) is 39.1 Å². The summed E-state index contributed by atoms with van der Waals surface area (Å²) in [5.41, 5.74) is 0.717. The number of aliphatic carboxylic acids is 1. The van der Waals surface area contributed by atoms with E-state index in [2.05, 4.69) is 9.97 Å². The van der Waals surface area contributed by atoms with E-state index in [1.165, 1.54) is 34.1 Å². The molecule has 2 aromatic heterocycles. The molecule has 42 heavy (non-hydrogen) atoms. The van der Waals surface area contributed by atoms with E-state index in [-0.39, 0.29) is 42.7 Å². The Balaban J connectivity index is 1.23. The molecule has 0 aliphatic carbocycles. The molecule has 214 valence electrons. The number of nitrogens with zero attached hydrogens (tertiary/aromatic N) is 2. The number of carboxylic acids is 1. The highest BCUT2D eigenvalue weighted by molar-refractivity contribution is 8.00. The number of thiophene rings is 1. The maximum absolute atomic E-state index is 13.1. The Morgan fingerprint density at radius 3 is 2.67 bits per heavy atom. The third-order valence-electron chi connectivity index (χ3n) is 7.03. The Morgan fingerprint density at radius 1 is 1.12 bits per heavy atom. The lowest BCUT2D eigenvalue weighted by Gasteiger charge is -2.49. The number of amides is 1. The molecule has 2 aliphatic heterocycles. The Hall–Kier alpha value is -3.64. The van der Waals surface area contributed by atoms with Crippen LogP contribution in [-0.2, 0) is 20.8 Å². The number of halogens is 2. The van der Waals surface area contributed by atoms with Gasteiger partial charge in [0.2, 0.25) is 5.91 Å². The van der Waals surface area contributed by atoms with Gasteiger partial charge >= 0.3 is 5.97 Å². The minimum Gasteiger partial charge on any atom is -0.488 e. The van der Waals surface area contributed by atoms with Crippen LogP contribution in [0, 0.1) is 5.92 Å². The van der Waals surface area contributed by atoms with Gasteiger partial charge in [0.15, 0.2) is 0 Å². The highest BCUT2D eigenvalue weighted by atomic mass is 35.5. The molecule has 1 saturated heterocycles. The lowest BCUT2D eigenvalue weighted by Crippen LogP contribution is -2.62. The fourth-order valence-electron chi connectivity index (χ4n) is 5.07. The van der Waals surface area contributed by atoms with Crippen molar-refractivity contribution in [1.82, 2.24) is 14.9 Å². The Morgan fingerprint density at radius 2 is 1.90 bits per heavy atom. The number of hydrogen-bond acceptors (Lipinski definition) is 8. The van der Waals surface area contributed by atoms with Gasteiger partial charge in [-0.15, -0.1) is 23.1 Å². The highest BCUT2D eigenvalue weighted by Crippen LogP contribution is 2.45. The van der Waals surface area contributed by atoms with Crippen LogP contribution < -0.4 is 10.3 Å². The van der Waals surface area contributed by atoms with E-state index in [0.717, 1.165) is 4.88 Å². The molecule has 4 aromatic rings. The van der Waals surface area contributed by atoms with Crippen molar-refractivity contribution in [3.8, 4) is 17.1 Å². The zero-order chi connectivity index (χ0) is 29.5. The summed E-state index contributed by atoms with van der Waals surface area (Å²) in [7, 11) is 0. The number of thioether (sulfide) groups is 1. The van der Waals surface area contributed by atoms with E-state index in [1.807, 2.05) is 17.5 Å². The van der Waals surface area contributed by atoms with Crippen LogP contribution in [0.3, 0.4) is 0 Å². The predicted octanol–water partition coefficient (Wildman–Crippen LogP) is 5.41. The van der Waals surface area contributed by atoms with E-state index >= 15 is 0 Å². The van der Waals surface area contributed by atoms with Crippen molar-refractivity contribution in [1.29, 1.82) is 0 Å². The van der Waals surface area contributed by atoms with Gasteiger partial charge < -0.3 is 14.8 Å². The first-order chi connectivity index (χ1) is 20.2. The quantitative estimate of drug-likeness (QED) is 0.232. The average Bonchev–Trinajstić information content (AvgIpc) is 3.47. The SMILES string of the molecule is O=C(Cc1cccs1)CC1C(=O)N2C(C(=O)O)=C(COc3ccc(Cl)cc3-c3nc4ccc(Cl)cc4c(=O)[nH]3)CSC12. The molecule has 2 aromatic carbocycles. The third-order valence-corrected chi connectivity index (χ3v) is 9.77. The number of rotatable bonds is 9. The van der Waals surface area contributed by atoms with Gasteiger partial charge in [-0.3, -0.25) is 19.3 Å². The first-order valence-electron chi connectivity index (χ1n) is 12.8. The molecule has 2 atom stereocenters. The molecule has 1 amide bonds. The van der Waals surface area contributed by atoms with Crippen molar-refractivity contribution in [2.24, 2.45) is 5.92 Å². The molecule has 2 unspecified atom stereocenters. The summed E-state index contributed by atoms with van der Waals surface area (Å²) in [6.45, 7) is -0.130. The van der Waals surface area contributed by atoms with E-state index in [0.29, 0.717) is 43.6 Å². The molecule has 0 spiro atoms. The van der Waals surface area contributed by atoms with Crippen molar-refractivity contribution < 1.29 is 24.2 Å². The van der Waals surface area contributed by atoms with E-state index < -0.39 is 22.8 Å². The van der Waals surface area contributed by atoms with Crippen LogP contribution in [0.5, 0.6) is 5.75 Å². The molecule has 4 heterocycles. The number of aromatic nitrogens is 2. The zero-order valence-electron chi connectivity index (χ0n) is 21.6. The van der Waals surface area contributed by atoms with Crippen LogP contribution in [0.15, 0.2) is 70.0 Å². The van der Waals surface area contributed by atoms with Gasteiger partial charge in [0.05, 0.1) is 27.8 Å². The Bertz CT molecular complexity index is 1840. The number of carbonyl (C=O) groups excluding carboxylic acids is 2. The Labute approximate surface area is 257 Å². The number of carbonyl (C=O) groups is 3. The number of Topliss-reactive ketones (excluding diaryl/α,β-unsaturated/α-hetero) is 1. The summed E-state index contributed by atoms with van der Waals surface area (Å²) in [6.07, 6.45) is 0.328. The normalized spacial score (nSPS) is 18.1. The second kappa shape index (κ2) is 11.6. The van der Waals surface area contributed by atoms with Gasteiger partial charge in [0.1, 0.15) is 29.7 Å². The number of hydrogen-bond donors (Lipinski definition) is 2. The average molecular weight is 643 g/mol. The number of aromatic amines is 1. The molecule has 0 bridgehead atoms. The molecule has 0 radical (unpaired) electrons. The molecule has 2 aliphatic rings. The number of benzene rings is 2. The van der Waals surface area contributed by atoms with Gasteiger partial charge in [-0.2, -0.15) is 0 Å². The number of ether oxygens (including phenoxy) is 1. The van der Waals surface area contributed by atoms with Crippen molar-refractivity contribution in [3.63, 3.8) is 0 Å². The predicted molar refractivity (Wildman–Crippen MR) is 162 cm³/mol. The van der Waals surface area contributed by atoms with E-state index in [4.69, 9.17) is 27.9 Å². The third kappa shape index (κ3) is 5.45. The first kappa shape index (κ1) is 28.5. The summed E-state index contributed by atoms with van der Waals surface area (Å²) < 4.78 is 6.06. The van der Waals surface area contributed by atoms with Crippen molar-refractivity contribution in [3.05, 3.63) is 90.5 Å². The number of carboxylic acid groups (broad SMARTS) is 1. The number of ketones is 1. The fourth-order valence-corrected chi connectivity index (χ4v) is 7.54. The molecule has 6 rings (SSSR count). The van der Waals surface area contributed by atoms with Gasteiger partial charge in [0.25, 0.3) is 5.56 Å². The molecule has 0 saturated carbocycles. The molecule has 2 N–H and O–H groups in total. The van der Waals surface area contributed by atoms with Crippen LogP contribution in [-0.4, -0.2) is 55.4 Å². The van der Waals surface area contributed by atoms with E-state index in [9.17, 15) is 24.3 Å². The second-order valence-corrected chi connectivity index (χ2v) is 12.8. The smallest absolute Gasteiger partial charge is 0.352 e. The van der Waals surface area contributed by atoms with Crippen LogP contribution in [0.4, 0.5) is 0 Å². The molecule has 9 nitrogen and oxygen atoms in total. The minimum atomic E-state index is -1.24. The first-order valence-corrected chi connectivity index (χ1v) is 15.4. The number of β-lactam (4-membered cyclic amide) rings is 1. The standard InChI is InChI=1S/C29H21Cl2N3O6S2/c30-15-3-5-22-19(8-15)26(36)33-25(32-22)20-9-16(31)4-6-23(20)40-12-14-13-42-28-21(27(37)34(28)24(14)29(38)39)11-17(35)10-18-2-1-7-41-18/h1-9,21,28H,10-13H2,(H,38,39)(H,32,33,36). The summed E-state index contributed by atoms with van der Waals surface area (Å²) in [4.78, 5) is 60.2. The van der Waals surface area contributed by atoms with Gasteiger partial charge in [-0.25, -0.2) is 9.78 Å². The summed E-state index contributed by atoms with van der Waals surface area (Å²) in [5, 5.41) is 12.6. The van der Waals surface area contributed by atoms with Gasteiger partial charge in [-0.1, -0.05) is 29.3 Å². The topological polar surface area (TPSA) is 130 Å². The lowest BCUT2D eigenvalue weighted by molar-refractivity contribution is -0.154. The summed E-state index contributed by atoms with van der Waals surface area (Å²) >= 11 is 15.2. The summed E-state index contributed by atoms with van der Waals surface area (Å²) in [5.74, 6) is -1.41. The van der Waals surface area contributed by atoms with Gasteiger partial charge in [-0.05, 0) is 47.8 Å². The minimum absolute atomic E-state index is 0.0512. The maximum Gasteiger partial charge on any atom is 0.352 e. The lowest BCUT2D eigenvalue weighted by atomic mass is 9.89. The fraction of sp³-hybridized carbons (Fsp3) is 0.207. The van der Waals surface area contributed by atoms with Crippen molar-refractivity contribution in [2.45, 2.75) is 18.2 Å². The maximum atomic E-state index is 13.1. The molecule has 13 heteroatoms. The van der Waals surface area contributed by atoms with Crippen LogP contribution in [0.2, 0.25) is 10.0 Å². The second-order valence-electron chi connectivity index (χ2n) is 9.78. The van der Waals surface area contributed by atoms with Crippen LogP contribution >= 0.6 is 46.3 Å². The molecular weight excluding hydrogens is 621 g/mol. The molecular formula is C29H21Cl2N3O6S2. The monoisotopic (exact) mass is 641 g/mol. The summed E-state index contributed by atoms with van der Waals surface area (Å²) in [6, 6.07) is 13.3. The number of fused-ring (bicyclic) bond motifs is 2.